The highest BCUT2D eigenvalue weighted by Gasteiger charge is 2.23. The van der Waals surface area contributed by atoms with Crippen LogP contribution < -0.4 is 0 Å². The van der Waals surface area contributed by atoms with Crippen LogP contribution in [0.2, 0.25) is 0 Å². The highest BCUT2D eigenvalue weighted by molar-refractivity contribution is 5.76. The maximum atomic E-state index is 2.30. The van der Waals surface area contributed by atoms with E-state index in [-0.39, 0.29) is 0 Å². The molecule has 0 spiro atoms. The fourth-order valence-corrected chi connectivity index (χ4v) is 3.43. The first kappa shape index (κ1) is 10.1. The Kier molecular flexibility index (Phi) is 2.16. The second-order valence-corrected chi connectivity index (χ2v) is 5.36. The molecule has 2 aliphatic carbocycles. The molecular weight excluding hydrogens is 216 g/mol. The van der Waals surface area contributed by atoms with Crippen molar-refractivity contribution in [1.82, 2.24) is 0 Å². The topological polar surface area (TPSA) is 0 Å². The van der Waals surface area contributed by atoms with Crippen LogP contribution in [0.1, 0.15) is 28.7 Å². The maximum absolute atomic E-state index is 2.30. The highest BCUT2D eigenvalue weighted by atomic mass is 14.3. The van der Waals surface area contributed by atoms with Gasteiger partial charge in [-0.05, 0) is 53.5 Å². The summed E-state index contributed by atoms with van der Waals surface area (Å²) < 4.78 is 0. The lowest BCUT2D eigenvalue weighted by atomic mass is 10.00. The van der Waals surface area contributed by atoms with Crippen LogP contribution >= 0.6 is 0 Å². The van der Waals surface area contributed by atoms with E-state index in [0.717, 1.165) is 0 Å². The summed E-state index contributed by atoms with van der Waals surface area (Å²) in [6, 6.07) is 17.8. The van der Waals surface area contributed by atoms with Gasteiger partial charge in [-0.3, -0.25) is 0 Å². The molecule has 0 radical (unpaired) electrons. The average molecular weight is 232 g/mol. The fraction of sp³-hybridized carbons (Fsp3) is 0.222. The molecule has 0 bridgehead atoms. The van der Waals surface area contributed by atoms with Gasteiger partial charge in [-0.2, -0.15) is 0 Å². The van der Waals surface area contributed by atoms with Crippen LogP contribution in [0.25, 0.3) is 5.57 Å². The Morgan fingerprint density at radius 2 is 1.22 bits per heavy atom. The minimum absolute atomic E-state index is 1.17. The van der Waals surface area contributed by atoms with Crippen LogP contribution in [0.15, 0.2) is 54.1 Å². The Bertz CT molecular complexity index is 620. The Hall–Kier alpha value is -1.82. The predicted molar refractivity (Wildman–Crippen MR) is 75.5 cm³/mol. The van der Waals surface area contributed by atoms with Crippen molar-refractivity contribution >= 4 is 5.57 Å². The minimum atomic E-state index is 1.17. The molecule has 0 aliphatic heterocycles. The summed E-state index contributed by atoms with van der Waals surface area (Å²) in [4.78, 5) is 0. The first-order chi connectivity index (χ1) is 8.92. The predicted octanol–water partition coefficient (Wildman–Crippen LogP) is 4.19. The van der Waals surface area contributed by atoms with Crippen molar-refractivity contribution in [3.05, 3.63) is 76.4 Å². The Labute approximate surface area is 108 Å². The van der Waals surface area contributed by atoms with Crippen molar-refractivity contribution in [1.29, 1.82) is 0 Å². The summed E-state index contributed by atoms with van der Waals surface area (Å²) in [6.45, 7) is 0. The van der Waals surface area contributed by atoms with E-state index in [1.807, 2.05) is 0 Å². The van der Waals surface area contributed by atoms with E-state index in [2.05, 4.69) is 48.5 Å². The molecule has 18 heavy (non-hydrogen) atoms. The van der Waals surface area contributed by atoms with E-state index in [4.69, 9.17) is 0 Å². The molecule has 88 valence electrons. The van der Waals surface area contributed by atoms with Crippen molar-refractivity contribution in [2.24, 2.45) is 0 Å². The molecule has 0 amide bonds. The van der Waals surface area contributed by atoms with Crippen LogP contribution in [-0.2, 0) is 19.3 Å². The highest BCUT2D eigenvalue weighted by Crippen LogP contribution is 2.39. The first-order valence-electron chi connectivity index (χ1n) is 6.78. The molecule has 0 nitrogen and oxygen atoms in total. The Morgan fingerprint density at radius 1 is 0.611 bits per heavy atom. The summed E-state index contributed by atoms with van der Waals surface area (Å²) in [5.74, 6) is 0. The van der Waals surface area contributed by atoms with Crippen molar-refractivity contribution in [2.75, 3.05) is 0 Å². The third kappa shape index (κ3) is 1.45. The van der Waals surface area contributed by atoms with E-state index in [1.165, 1.54) is 47.9 Å². The normalized spacial score (nSPS) is 16.9. The van der Waals surface area contributed by atoms with Crippen molar-refractivity contribution in [3.8, 4) is 0 Å². The number of hydrogen-bond acceptors (Lipinski definition) is 0. The molecule has 0 heterocycles. The standard InChI is InChI=1S/C18H16/c1-2-7-15-12-16(11-14(15)6-1)18-10-9-13-5-3-4-8-17(13)18/h1-8H,9-12H2. The lowest BCUT2D eigenvalue weighted by Gasteiger charge is -2.05. The fourth-order valence-electron chi connectivity index (χ4n) is 3.43. The van der Waals surface area contributed by atoms with Crippen LogP contribution in [0.5, 0.6) is 0 Å². The van der Waals surface area contributed by atoms with Gasteiger partial charge in [0.15, 0.2) is 0 Å². The van der Waals surface area contributed by atoms with Crippen molar-refractivity contribution in [2.45, 2.75) is 25.7 Å². The molecule has 0 unspecified atom stereocenters. The van der Waals surface area contributed by atoms with E-state index >= 15 is 0 Å². The number of aryl methyl sites for hydroxylation is 1. The van der Waals surface area contributed by atoms with Gasteiger partial charge >= 0.3 is 0 Å². The van der Waals surface area contributed by atoms with Gasteiger partial charge in [-0.15, -0.1) is 0 Å². The average Bonchev–Trinajstić information content (AvgIpc) is 3.02. The molecule has 4 rings (SSSR count). The third-order valence-corrected chi connectivity index (χ3v) is 4.34. The van der Waals surface area contributed by atoms with Crippen LogP contribution in [0.4, 0.5) is 0 Å². The molecule has 2 aromatic rings. The van der Waals surface area contributed by atoms with E-state index in [1.54, 1.807) is 11.1 Å². The zero-order valence-electron chi connectivity index (χ0n) is 10.4. The summed E-state index contributed by atoms with van der Waals surface area (Å²) in [6.07, 6.45) is 4.80. The quantitative estimate of drug-likeness (QED) is 0.639. The second-order valence-electron chi connectivity index (χ2n) is 5.36. The first-order valence-corrected chi connectivity index (χ1v) is 6.78. The van der Waals surface area contributed by atoms with Gasteiger partial charge in [-0.1, -0.05) is 54.1 Å². The van der Waals surface area contributed by atoms with Crippen molar-refractivity contribution < 1.29 is 0 Å². The molecule has 0 atom stereocenters. The van der Waals surface area contributed by atoms with Gasteiger partial charge in [0, 0.05) is 0 Å². The third-order valence-electron chi connectivity index (χ3n) is 4.34. The van der Waals surface area contributed by atoms with Gasteiger partial charge < -0.3 is 0 Å². The number of fused-ring (bicyclic) bond motifs is 2. The molecule has 0 fully saturated rings. The molecule has 0 N–H and O–H groups in total. The number of rotatable bonds is 0. The molecule has 0 saturated carbocycles. The second kappa shape index (κ2) is 3.84. The van der Waals surface area contributed by atoms with E-state index in [0.29, 0.717) is 0 Å². The maximum Gasteiger partial charge on any atom is -0.00549 e. The number of allylic oxidation sites excluding steroid dienone is 2. The van der Waals surface area contributed by atoms with Gasteiger partial charge in [0.25, 0.3) is 0 Å². The zero-order valence-corrected chi connectivity index (χ0v) is 10.4. The van der Waals surface area contributed by atoms with Crippen LogP contribution in [0, 0.1) is 0 Å². The number of benzene rings is 2. The van der Waals surface area contributed by atoms with Gasteiger partial charge in [0.05, 0.1) is 0 Å². The van der Waals surface area contributed by atoms with E-state index in [9.17, 15) is 0 Å². The van der Waals surface area contributed by atoms with Gasteiger partial charge in [0.2, 0.25) is 0 Å². The molecule has 0 aromatic heterocycles. The van der Waals surface area contributed by atoms with Gasteiger partial charge in [-0.25, -0.2) is 0 Å². The lowest BCUT2D eigenvalue weighted by molar-refractivity contribution is 1.06. The number of hydrogen-bond donors (Lipinski definition) is 0. The Morgan fingerprint density at radius 3 is 1.94 bits per heavy atom. The largest absolute Gasteiger partial charge is 0.0620 e. The monoisotopic (exact) mass is 232 g/mol. The van der Waals surface area contributed by atoms with Crippen LogP contribution in [-0.4, -0.2) is 0 Å². The zero-order chi connectivity index (χ0) is 11.9. The van der Waals surface area contributed by atoms with Gasteiger partial charge in [0.1, 0.15) is 0 Å². The lowest BCUT2D eigenvalue weighted by Crippen LogP contribution is -1.88. The molecular formula is C18H16. The van der Waals surface area contributed by atoms with E-state index < -0.39 is 0 Å². The smallest absolute Gasteiger partial charge is 0.00549 e. The summed E-state index contributed by atoms with van der Waals surface area (Å²) in [5, 5.41) is 0. The van der Waals surface area contributed by atoms with Crippen LogP contribution in [0.3, 0.4) is 0 Å². The molecule has 0 heteroatoms. The Balaban J connectivity index is 1.80. The summed E-state index contributed by atoms with van der Waals surface area (Å²) in [7, 11) is 0. The minimum Gasteiger partial charge on any atom is -0.0620 e. The summed E-state index contributed by atoms with van der Waals surface area (Å²) >= 11 is 0. The molecule has 2 aromatic carbocycles. The molecule has 2 aliphatic rings. The SMILES string of the molecule is c1ccc2c(c1)CC(=C1CCc3ccccc31)C2. The molecule has 0 saturated heterocycles. The van der Waals surface area contributed by atoms with Crippen molar-refractivity contribution in [3.63, 3.8) is 0 Å². The summed E-state index contributed by atoms with van der Waals surface area (Å²) in [5.41, 5.74) is 9.40.